The number of hydrogen-bond donors (Lipinski definition) is 0. The van der Waals surface area contributed by atoms with Gasteiger partial charge >= 0.3 is 0 Å². The molecule has 0 bridgehead atoms. The summed E-state index contributed by atoms with van der Waals surface area (Å²) in [5.74, 6) is 0.290. The van der Waals surface area contributed by atoms with Crippen LogP contribution in [0, 0.1) is 12.8 Å². The molecule has 3 aliphatic rings. The van der Waals surface area contributed by atoms with E-state index in [0.29, 0.717) is 18.8 Å². The van der Waals surface area contributed by atoms with E-state index in [1.54, 1.807) is 22.7 Å². The van der Waals surface area contributed by atoms with Gasteiger partial charge in [-0.1, -0.05) is 6.42 Å². The standard InChI is InChI=1S/C18H28N4O3S/c1-14-10-16(20(2)19-14)17(23)22-12-18(13-22)15(6-9-26(18,24)25)11-21-7-4-3-5-8-21/h10,15H,3-9,11-13H2,1-2H3. The Labute approximate surface area is 155 Å². The molecule has 4 heterocycles. The van der Waals surface area contributed by atoms with Crippen LogP contribution in [0.4, 0.5) is 0 Å². The van der Waals surface area contributed by atoms with Crippen LogP contribution in [-0.4, -0.2) is 77.1 Å². The SMILES string of the molecule is Cc1cc(C(=O)N2CC3(C2)C(CN2CCCCC2)CCS3(=O)=O)n(C)n1. The molecule has 0 saturated carbocycles. The van der Waals surface area contributed by atoms with Crippen LogP contribution in [0.5, 0.6) is 0 Å². The first-order valence-electron chi connectivity index (χ1n) is 9.57. The summed E-state index contributed by atoms with van der Waals surface area (Å²) in [7, 11) is -1.40. The van der Waals surface area contributed by atoms with Crippen molar-refractivity contribution in [2.75, 3.05) is 38.5 Å². The lowest BCUT2D eigenvalue weighted by atomic mass is 9.82. The summed E-state index contributed by atoms with van der Waals surface area (Å²) in [4.78, 5) is 16.9. The maximum Gasteiger partial charge on any atom is 0.272 e. The highest BCUT2D eigenvalue weighted by Crippen LogP contribution is 2.45. The third-order valence-electron chi connectivity index (χ3n) is 6.45. The van der Waals surface area contributed by atoms with E-state index in [1.165, 1.54) is 19.3 Å². The van der Waals surface area contributed by atoms with Crippen LogP contribution in [0.2, 0.25) is 0 Å². The van der Waals surface area contributed by atoms with Crippen molar-refractivity contribution in [3.63, 3.8) is 0 Å². The van der Waals surface area contributed by atoms with E-state index in [4.69, 9.17) is 0 Å². The second-order valence-corrected chi connectivity index (χ2v) is 10.6. The highest BCUT2D eigenvalue weighted by atomic mass is 32.2. The summed E-state index contributed by atoms with van der Waals surface area (Å²) in [5, 5.41) is 4.23. The van der Waals surface area contributed by atoms with Gasteiger partial charge in [0.1, 0.15) is 10.4 Å². The van der Waals surface area contributed by atoms with Gasteiger partial charge in [-0.3, -0.25) is 9.48 Å². The minimum atomic E-state index is -3.15. The Bertz CT molecular complexity index is 804. The number of hydrogen-bond acceptors (Lipinski definition) is 5. The number of carbonyl (C=O) groups is 1. The van der Waals surface area contributed by atoms with Crippen LogP contribution < -0.4 is 0 Å². The minimum Gasteiger partial charge on any atom is -0.334 e. The third kappa shape index (κ3) is 2.78. The summed E-state index contributed by atoms with van der Waals surface area (Å²) >= 11 is 0. The van der Waals surface area contributed by atoms with Crippen molar-refractivity contribution < 1.29 is 13.2 Å². The fourth-order valence-corrected chi connectivity index (χ4v) is 7.31. The van der Waals surface area contributed by atoms with Gasteiger partial charge < -0.3 is 9.80 Å². The molecular weight excluding hydrogens is 352 g/mol. The van der Waals surface area contributed by atoms with Gasteiger partial charge in [-0.15, -0.1) is 0 Å². The van der Waals surface area contributed by atoms with Gasteiger partial charge in [-0.25, -0.2) is 8.42 Å². The molecule has 0 aliphatic carbocycles. The number of amides is 1. The maximum absolute atomic E-state index is 12.8. The smallest absolute Gasteiger partial charge is 0.272 e. The molecule has 7 nitrogen and oxygen atoms in total. The second-order valence-electron chi connectivity index (χ2n) is 8.19. The molecule has 0 aromatic carbocycles. The Morgan fingerprint density at radius 3 is 2.58 bits per heavy atom. The molecule has 3 saturated heterocycles. The highest BCUT2D eigenvalue weighted by molar-refractivity contribution is 7.93. The van der Waals surface area contributed by atoms with E-state index in [2.05, 4.69) is 10.00 Å². The van der Waals surface area contributed by atoms with E-state index in [9.17, 15) is 13.2 Å². The molecule has 144 valence electrons. The predicted octanol–water partition coefficient (Wildman–Crippen LogP) is 0.844. The van der Waals surface area contributed by atoms with E-state index >= 15 is 0 Å². The third-order valence-corrected chi connectivity index (χ3v) is 9.05. The lowest BCUT2D eigenvalue weighted by Crippen LogP contribution is -2.69. The summed E-state index contributed by atoms with van der Waals surface area (Å²) in [6.07, 6.45) is 4.41. The molecule has 3 fully saturated rings. The number of carbonyl (C=O) groups excluding carboxylic acids is 1. The molecule has 1 aromatic heterocycles. The lowest BCUT2D eigenvalue weighted by molar-refractivity contribution is 0.0402. The Morgan fingerprint density at radius 1 is 1.27 bits per heavy atom. The largest absolute Gasteiger partial charge is 0.334 e. The topological polar surface area (TPSA) is 75.5 Å². The zero-order valence-electron chi connectivity index (χ0n) is 15.6. The number of rotatable bonds is 3. The maximum atomic E-state index is 12.8. The van der Waals surface area contributed by atoms with Crippen molar-refractivity contribution in [3.8, 4) is 0 Å². The van der Waals surface area contributed by atoms with Crippen LogP contribution >= 0.6 is 0 Å². The molecule has 1 spiro atoms. The first kappa shape index (κ1) is 18.0. The van der Waals surface area contributed by atoms with Crippen LogP contribution in [0.15, 0.2) is 6.07 Å². The molecule has 1 amide bonds. The number of aryl methyl sites for hydroxylation is 2. The Kier molecular flexibility index (Phi) is 4.38. The zero-order chi connectivity index (χ0) is 18.5. The van der Waals surface area contributed by atoms with E-state index in [1.807, 2.05) is 6.92 Å². The number of likely N-dealkylation sites (tertiary alicyclic amines) is 2. The molecule has 1 atom stereocenters. The van der Waals surface area contributed by atoms with Crippen LogP contribution in [0.3, 0.4) is 0 Å². The fraction of sp³-hybridized carbons (Fsp3) is 0.778. The van der Waals surface area contributed by atoms with Crippen LogP contribution in [0.1, 0.15) is 41.9 Å². The summed E-state index contributed by atoms with van der Waals surface area (Å²) in [6, 6.07) is 1.77. The molecule has 8 heteroatoms. The Morgan fingerprint density at radius 2 is 1.96 bits per heavy atom. The van der Waals surface area contributed by atoms with Gasteiger partial charge in [0, 0.05) is 26.7 Å². The van der Waals surface area contributed by atoms with E-state index < -0.39 is 14.6 Å². The van der Waals surface area contributed by atoms with Crippen molar-refractivity contribution in [2.45, 2.75) is 37.4 Å². The molecule has 1 aromatic rings. The zero-order valence-corrected chi connectivity index (χ0v) is 16.5. The highest BCUT2D eigenvalue weighted by Gasteiger charge is 2.62. The molecule has 3 aliphatic heterocycles. The van der Waals surface area contributed by atoms with Crippen molar-refractivity contribution in [2.24, 2.45) is 13.0 Å². The van der Waals surface area contributed by atoms with E-state index in [0.717, 1.165) is 31.7 Å². The second kappa shape index (κ2) is 6.34. The molecule has 0 N–H and O–H groups in total. The van der Waals surface area contributed by atoms with Crippen molar-refractivity contribution in [1.82, 2.24) is 19.6 Å². The van der Waals surface area contributed by atoms with Crippen molar-refractivity contribution in [1.29, 1.82) is 0 Å². The van der Waals surface area contributed by atoms with Gasteiger partial charge in [0.2, 0.25) is 0 Å². The molecule has 1 unspecified atom stereocenters. The molecule has 26 heavy (non-hydrogen) atoms. The van der Waals surface area contributed by atoms with Gasteiger partial charge in [-0.05, 0) is 51.3 Å². The van der Waals surface area contributed by atoms with Gasteiger partial charge in [-0.2, -0.15) is 5.10 Å². The quantitative estimate of drug-likeness (QED) is 0.777. The normalized spacial score (nSPS) is 27.6. The molecular formula is C18H28N4O3S. The number of aromatic nitrogens is 2. The van der Waals surface area contributed by atoms with Crippen molar-refractivity contribution >= 4 is 15.7 Å². The molecule has 0 radical (unpaired) electrons. The first-order valence-corrected chi connectivity index (χ1v) is 11.2. The Balaban J connectivity index is 1.49. The van der Waals surface area contributed by atoms with Crippen LogP contribution in [0.25, 0.3) is 0 Å². The average Bonchev–Trinajstić information content (AvgIpc) is 3.02. The molecule has 4 rings (SSSR count). The summed E-state index contributed by atoms with van der Waals surface area (Å²) < 4.78 is 26.5. The van der Waals surface area contributed by atoms with Gasteiger partial charge in [0.15, 0.2) is 9.84 Å². The monoisotopic (exact) mass is 380 g/mol. The number of piperidine rings is 1. The number of nitrogens with zero attached hydrogens (tertiary/aromatic N) is 4. The average molecular weight is 381 g/mol. The van der Waals surface area contributed by atoms with Gasteiger partial charge in [0.25, 0.3) is 5.91 Å². The van der Waals surface area contributed by atoms with Gasteiger partial charge in [0.05, 0.1) is 11.4 Å². The first-order chi connectivity index (χ1) is 12.3. The Hall–Kier alpha value is -1.41. The summed E-state index contributed by atoms with van der Waals surface area (Å²) in [5.41, 5.74) is 1.32. The van der Waals surface area contributed by atoms with Crippen LogP contribution in [-0.2, 0) is 16.9 Å². The number of sulfone groups is 1. The minimum absolute atomic E-state index is 0.113. The van der Waals surface area contributed by atoms with Crippen molar-refractivity contribution in [3.05, 3.63) is 17.5 Å². The fourth-order valence-electron chi connectivity index (χ4n) is 4.90. The summed E-state index contributed by atoms with van der Waals surface area (Å²) in [6.45, 7) is 5.51. The van der Waals surface area contributed by atoms with E-state index in [-0.39, 0.29) is 17.6 Å². The predicted molar refractivity (Wildman–Crippen MR) is 98.8 cm³/mol. The lowest BCUT2D eigenvalue weighted by Gasteiger charge is -2.50.